The highest BCUT2D eigenvalue weighted by molar-refractivity contribution is 5.50. The maximum Gasteiger partial charge on any atom is 0.0412 e. The Kier molecular flexibility index (Phi) is 3.30. The maximum absolute atomic E-state index is 3.83. The molecule has 1 aromatic rings. The highest BCUT2D eigenvalue weighted by Crippen LogP contribution is 2.42. The second kappa shape index (κ2) is 4.82. The first kappa shape index (κ1) is 13.0. The second-order valence-corrected chi connectivity index (χ2v) is 6.60. The second-order valence-electron chi connectivity index (χ2n) is 6.60. The maximum atomic E-state index is 3.83. The van der Waals surface area contributed by atoms with Gasteiger partial charge in [0.15, 0.2) is 0 Å². The molecule has 2 aliphatic rings. The SMILES string of the molecule is CCC1CNC(C)(C2CC2)CN1c1cccc(C)c1. The van der Waals surface area contributed by atoms with Crippen LogP contribution < -0.4 is 10.2 Å². The van der Waals surface area contributed by atoms with Crippen LogP contribution in [-0.4, -0.2) is 24.7 Å². The van der Waals surface area contributed by atoms with E-state index in [4.69, 9.17) is 0 Å². The average molecular weight is 258 g/mol. The van der Waals surface area contributed by atoms with Crippen LogP contribution in [-0.2, 0) is 0 Å². The highest BCUT2D eigenvalue weighted by Gasteiger charge is 2.45. The van der Waals surface area contributed by atoms with E-state index in [0.717, 1.165) is 19.0 Å². The Bertz CT molecular complexity index is 452. The van der Waals surface area contributed by atoms with Crippen molar-refractivity contribution in [2.24, 2.45) is 5.92 Å². The van der Waals surface area contributed by atoms with E-state index in [1.54, 1.807) is 0 Å². The van der Waals surface area contributed by atoms with E-state index >= 15 is 0 Å². The number of benzene rings is 1. The zero-order valence-electron chi connectivity index (χ0n) is 12.4. The molecule has 1 heterocycles. The van der Waals surface area contributed by atoms with Crippen molar-refractivity contribution in [2.45, 2.75) is 51.6 Å². The van der Waals surface area contributed by atoms with Crippen LogP contribution >= 0.6 is 0 Å². The summed E-state index contributed by atoms with van der Waals surface area (Å²) in [6.07, 6.45) is 4.02. The summed E-state index contributed by atoms with van der Waals surface area (Å²) in [5, 5.41) is 3.83. The fourth-order valence-electron chi connectivity index (χ4n) is 3.47. The number of anilines is 1. The van der Waals surface area contributed by atoms with E-state index in [-0.39, 0.29) is 0 Å². The summed E-state index contributed by atoms with van der Waals surface area (Å²) in [5.41, 5.74) is 3.08. The molecular weight excluding hydrogens is 232 g/mol. The minimum Gasteiger partial charge on any atom is -0.365 e. The molecule has 0 bridgehead atoms. The molecule has 2 unspecified atom stereocenters. The first-order chi connectivity index (χ1) is 9.12. The van der Waals surface area contributed by atoms with Crippen molar-refractivity contribution >= 4 is 5.69 Å². The number of hydrogen-bond acceptors (Lipinski definition) is 2. The first-order valence-electron chi connectivity index (χ1n) is 7.71. The number of hydrogen-bond donors (Lipinski definition) is 1. The van der Waals surface area contributed by atoms with E-state index in [0.29, 0.717) is 11.6 Å². The van der Waals surface area contributed by atoms with E-state index in [1.807, 2.05) is 0 Å². The van der Waals surface area contributed by atoms with Crippen molar-refractivity contribution in [3.05, 3.63) is 29.8 Å². The van der Waals surface area contributed by atoms with Crippen molar-refractivity contribution < 1.29 is 0 Å². The standard InChI is InChI=1S/C17H26N2/c1-4-15-11-18-17(3,14-8-9-14)12-19(15)16-7-5-6-13(2)10-16/h5-7,10,14-15,18H,4,8-9,11-12H2,1-3H3. The Morgan fingerprint density at radius 1 is 1.37 bits per heavy atom. The largest absolute Gasteiger partial charge is 0.365 e. The Balaban J connectivity index is 1.86. The monoisotopic (exact) mass is 258 g/mol. The molecule has 0 radical (unpaired) electrons. The number of rotatable bonds is 3. The third kappa shape index (κ3) is 2.51. The van der Waals surface area contributed by atoms with Gasteiger partial charge in [-0.25, -0.2) is 0 Å². The third-order valence-electron chi connectivity index (χ3n) is 4.96. The molecule has 104 valence electrons. The summed E-state index contributed by atoms with van der Waals surface area (Å²) in [6.45, 7) is 9.18. The molecule has 1 saturated carbocycles. The van der Waals surface area contributed by atoms with E-state index < -0.39 is 0 Å². The van der Waals surface area contributed by atoms with Crippen LogP contribution in [0.25, 0.3) is 0 Å². The highest BCUT2D eigenvalue weighted by atomic mass is 15.3. The molecule has 2 atom stereocenters. The zero-order chi connectivity index (χ0) is 13.5. The molecule has 0 aromatic heterocycles. The number of aryl methyl sites for hydroxylation is 1. The van der Waals surface area contributed by atoms with Gasteiger partial charge in [0.1, 0.15) is 0 Å². The van der Waals surface area contributed by atoms with Gasteiger partial charge < -0.3 is 10.2 Å². The normalized spacial score (nSPS) is 31.5. The van der Waals surface area contributed by atoms with Gasteiger partial charge in [-0.3, -0.25) is 0 Å². The summed E-state index contributed by atoms with van der Waals surface area (Å²) in [4.78, 5) is 2.64. The molecule has 2 nitrogen and oxygen atoms in total. The number of nitrogens with one attached hydrogen (secondary N) is 1. The molecule has 2 heteroatoms. The van der Waals surface area contributed by atoms with Gasteiger partial charge in [-0.15, -0.1) is 0 Å². The molecule has 2 fully saturated rings. The van der Waals surface area contributed by atoms with Crippen molar-refractivity contribution in [3.8, 4) is 0 Å². The lowest BCUT2D eigenvalue weighted by Gasteiger charge is -2.48. The average Bonchev–Trinajstić information content (AvgIpc) is 3.23. The third-order valence-corrected chi connectivity index (χ3v) is 4.96. The summed E-state index contributed by atoms with van der Waals surface area (Å²) >= 11 is 0. The summed E-state index contributed by atoms with van der Waals surface area (Å²) < 4.78 is 0. The van der Waals surface area contributed by atoms with Crippen LogP contribution in [0.1, 0.15) is 38.7 Å². The van der Waals surface area contributed by atoms with Crippen molar-refractivity contribution in [2.75, 3.05) is 18.0 Å². The fraction of sp³-hybridized carbons (Fsp3) is 0.647. The van der Waals surface area contributed by atoms with Crippen molar-refractivity contribution in [1.29, 1.82) is 0 Å². The lowest BCUT2D eigenvalue weighted by Crippen LogP contribution is -2.64. The predicted octanol–water partition coefficient (Wildman–Crippen LogP) is 3.35. The fourth-order valence-corrected chi connectivity index (χ4v) is 3.47. The minimum absolute atomic E-state index is 0.315. The molecule has 1 aliphatic heterocycles. The van der Waals surface area contributed by atoms with Gasteiger partial charge in [0.2, 0.25) is 0 Å². The lowest BCUT2D eigenvalue weighted by molar-refractivity contribution is 0.252. The molecule has 0 spiro atoms. The minimum atomic E-state index is 0.315. The van der Waals surface area contributed by atoms with Crippen molar-refractivity contribution in [3.63, 3.8) is 0 Å². The number of nitrogens with zero attached hydrogens (tertiary/aromatic N) is 1. The predicted molar refractivity (Wildman–Crippen MR) is 81.7 cm³/mol. The van der Waals surface area contributed by atoms with E-state index in [9.17, 15) is 0 Å². The lowest BCUT2D eigenvalue weighted by atomic mass is 9.90. The molecule has 1 N–H and O–H groups in total. The van der Waals surface area contributed by atoms with Crippen molar-refractivity contribution in [1.82, 2.24) is 5.32 Å². The molecule has 1 saturated heterocycles. The smallest absolute Gasteiger partial charge is 0.0412 e. The van der Waals surface area contributed by atoms with Gasteiger partial charge in [0, 0.05) is 30.4 Å². The number of piperazine rings is 1. The molecular formula is C17H26N2. The van der Waals surface area contributed by atoms with Gasteiger partial charge in [0.05, 0.1) is 0 Å². The van der Waals surface area contributed by atoms with E-state index in [1.165, 1.54) is 30.5 Å². The Morgan fingerprint density at radius 2 is 2.16 bits per heavy atom. The molecule has 3 rings (SSSR count). The Morgan fingerprint density at radius 3 is 2.79 bits per heavy atom. The quantitative estimate of drug-likeness (QED) is 0.894. The van der Waals surface area contributed by atoms with Gasteiger partial charge in [-0.2, -0.15) is 0 Å². The summed E-state index contributed by atoms with van der Waals surface area (Å²) in [7, 11) is 0. The van der Waals surface area contributed by atoms with Crippen LogP contribution in [0, 0.1) is 12.8 Å². The Hall–Kier alpha value is -1.02. The van der Waals surface area contributed by atoms with Crippen LogP contribution in [0.5, 0.6) is 0 Å². The molecule has 0 amide bonds. The van der Waals surface area contributed by atoms with Gasteiger partial charge in [-0.1, -0.05) is 19.1 Å². The molecule has 1 aliphatic carbocycles. The van der Waals surface area contributed by atoms with Gasteiger partial charge in [-0.05, 0) is 56.7 Å². The topological polar surface area (TPSA) is 15.3 Å². The Labute approximate surface area is 117 Å². The zero-order valence-corrected chi connectivity index (χ0v) is 12.4. The van der Waals surface area contributed by atoms with Crippen LogP contribution in [0.15, 0.2) is 24.3 Å². The first-order valence-corrected chi connectivity index (χ1v) is 7.71. The molecule has 19 heavy (non-hydrogen) atoms. The van der Waals surface area contributed by atoms with Gasteiger partial charge in [0.25, 0.3) is 0 Å². The van der Waals surface area contributed by atoms with Gasteiger partial charge >= 0.3 is 0 Å². The summed E-state index contributed by atoms with van der Waals surface area (Å²) in [5.74, 6) is 0.887. The van der Waals surface area contributed by atoms with Crippen LogP contribution in [0.3, 0.4) is 0 Å². The van der Waals surface area contributed by atoms with E-state index in [2.05, 4.69) is 55.3 Å². The molecule has 1 aromatic carbocycles. The van der Waals surface area contributed by atoms with Crippen LogP contribution in [0.4, 0.5) is 5.69 Å². The van der Waals surface area contributed by atoms with Crippen LogP contribution in [0.2, 0.25) is 0 Å². The summed E-state index contributed by atoms with van der Waals surface area (Å²) in [6, 6.07) is 9.62.